The van der Waals surface area contributed by atoms with Crippen LogP contribution in [0.3, 0.4) is 0 Å². The molecule has 0 aromatic heterocycles. The molecule has 5 nitrogen and oxygen atoms in total. The van der Waals surface area contributed by atoms with Crippen molar-refractivity contribution in [1.82, 2.24) is 4.90 Å². The third kappa shape index (κ3) is 2.88. The Balaban J connectivity index is 2.14. The molecule has 0 radical (unpaired) electrons. The van der Waals surface area contributed by atoms with Crippen molar-refractivity contribution in [3.05, 3.63) is 29.3 Å². The van der Waals surface area contributed by atoms with Crippen molar-refractivity contribution in [2.75, 3.05) is 25.0 Å². The van der Waals surface area contributed by atoms with Gasteiger partial charge in [-0.2, -0.15) is 0 Å². The van der Waals surface area contributed by atoms with Gasteiger partial charge in [0.15, 0.2) is 0 Å². The molecule has 0 aliphatic carbocycles. The van der Waals surface area contributed by atoms with Crippen LogP contribution in [0.1, 0.15) is 6.42 Å². The zero-order valence-corrected chi connectivity index (χ0v) is 11.3. The van der Waals surface area contributed by atoms with Gasteiger partial charge in [0.05, 0.1) is 23.3 Å². The zero-order chi connectivity index (χ0) is 14.0. The smallest absolute Gasteiger partial charge is 0.317 e. The van der Waals surface area contributed by atoms with E-state index in [0.29, 0.717) is 23.7 Å². The number of likely N-dealkylation sites (N-methyl/N-ethyl adjacent to an activating group) is 1. The molecule has 6 heteroatoms. The first kappa shape index (κ1) is 13.8. The molecule has 2 rings (SSSR count). The first-order chi connectivity index (χ1) is 9.00. The van der Waals surface area contributed by atoms with Crippen LogP contribution in [0.15, 0.2) is 24.3 Å². The van der Waals surface area contributed by atoms with Gasteiger partial charge in [-0.25, -0.2) is 0 Å². The molecular formula is C13H15ClN2O3. The minimum atomic E-state index is -0.938. The Kier molecular flexibility index (Phi) is 4.07. The van der Waals surface area contributed by atoms with Crippen LogP contribution >= 0.6 is 11.6 Å². The van der Waals surface area contributed by atoms with Crippen molar-refractivity contribution in [3.63, 3.8) is 0 Å². The Morgan fingerprint density at radius 1 is 1.53 bits per heavy atom. The number of nitrogens with zero attached hydrogens (tertiary/aromatic N) is 2. The van der Waals surface area contributed by atoms with Crippen LogP contribution in [0.5, 0.6) is 0 Å². The Morgan fingerprint density at radius 3 is 2.84 bits per heavy atom. The van der Waals surface area contributed by atoms with Gasteiger partial charge in [-0.1, -0.05) is 23.7 Å². The predicted molar refractivity (Wildman–Crippen MR) is 72.5 cm³/mol. The number of halogens is 1. The highest BCUT2D eigenvalue weighted by Gasteiger charge is 2.36. The SMILES string of the molecule is CN(CC(=O)O)[C@@H]1CCN(c2ccccc2Cl)C1=O. The number of carboxylic acids is 1. The number of benzene rings is 1. The molecule has 0 spiro atoms. The van der Waals surface area contributed by atoms with E-state index >= 15 is 0 Å². The average Bonchev–Trinajstić information content (AvgIpc) is 2.71. The molecule has 0 unspecified atom stereocenters. The summed E-state index contributed by atoms with van der Waals surface area (Å²) in [5, 5.41) is 9.30. The number of anilines is 1. The first-order valence-electron chi connectivity index (χ1n) is 5.98. The first-order valence-corrected chi connectivity index (χ1v) is 6.36. The van der Waals surface area contributed by atoms with Crippen molar-refractivity contribution in [3.8, 4) is 0 Å². The van der Waals surface area contributed by atoms with E-state index in [9.17, 15) is 9.59 Å². The number of rotatable bonds is 4. The molecular weight excluding hydrogens is 268 g/mol. The van der Waals surface area contributed by atoms with Gasteiger partial charge < -0.3 is 10.0 Å². The van der Waals surface area contributed by atoms with Gasteiger partial charge in [-0.05, 0) is 25.6 Å². The normalized spacial score (nSPS) is 19.2. The number of amides is 1. The molecule has 0 saturated carbocycles. The van der Waals surface area contributed by atoms with Crippen molar-refractivity contribution < 1.29 is 14.7 Å². The van der Waals surface area contributed by atoms with Crippen LogP contribution in [0.2, 0.25) is 5.02 Å². The second kappa shape index (κ2) is 5.59. The van der Waals surface area contributed by atoms with E-state index in [1.54, 1.807) is 35.0 Å². The number of para-hydroxylation sites is 1. The van der Waals surface area contributed by atoms with Crippen LogP contribution < -0.4 is 4.90 Å². The lowest BCUT2D eigenvalue weighted by molar-refractivity contribution is -0.138. The Hall–Kier alpha value is -1.59. The number of hydrogen-bond acceptors (Lipinski definition) is 3. The maximum Gasteiger partial charge on any atom is 0.317 e. The summed E-state index contributed by atoms with van der Waals surface area (Å²) < 4.78 is 0. The summed E-state index contributed by atoms with van der Waals surface area (Å²) in [6, 6.07) is 6.76. The van der Waals surface area contributed by atoms with E-state index in [4.69, 9.17) is 16.7 Å². The fourth-order valence-corrected chi connectivity index (χ4v) is 2.54. The fourth-order valence-electron chi connectivity index (χ4n) is 2.31. The molecule has 1 aromatic rings. The highest BCUT2D eigenvalue weighted by molar-refractivity contribution is 6.33. The van der Waals surface area contributed by atoms with E-state index in [-0.39, 0.29) is 12.5 Å². The number of hydrogen-bond donors (Lipinski definition) is 1. The van der Waals surface area contributed by atoms with Crippen molar-refractivity contribution in [1.29, 1.82) is 0 Å². The summed E-state index contributed by atoms with van der Waals surface area (Å²) >= 11 is 6.08. The van der Waals surface area contributed by atoms with Crippen molar-refractivity contribution in [2.24, 2.45) is 0 Å². The standard InChI is InChI=1S/C13H15ClN2O3/c1-15(8-12(17)18)11-6-7-16(13(11)19)10-5-3-2-4-9(10)14/h2-5,11H,6-8H2,1H3,(H,17,18)/t11-/m1/s1. The summed E-state index contributed by atoms with van der Waals surface area (Å²) in [6.07, 6.45) is 0.605. The van der Waals surface area contributed by atoms with E-state index < -0.39 is 12.0 Å². The summed E-state index contributed by atoms with van der Waals surface area (Å²) in [7, 11) is 1.65. The molecule has 19 heavy (non-hydrogen) atoms. The molecule has 1 saturated heterocycles. The topological polar surface area (TPSA) is 60.9 Å². The van der Waals surface area contributed by atoms with Crippen molar-refractivity contribution >= 4 is 29.2 Å². The van der Waals surface area contributed by atoms with Crippen LogP contribution in [-0.4, -0.2) is 48.1 Å². The molecule has 1 aliphatic rings. The quantitative estimate of drug-likeness (QED) is 0.908. The minimum Gasteiger partial charge on any atom is -0.480 e. The summed E-state index contributed by atoms with van der Waals surface area (Å²) in [5.41, 5.74) is 0.681. The minimum absolute atomic E-state index is 0.100. The molecule has 1 fully saturated rings. The Bertz CT molecular complexity index is 506. The van der Waals surface area contributed by atoms with E-state index in [1.807, 2.05) is 6.07 Å². The maximum atomic E-state index is 12.3. The van der Waals surface area contributed by atoms with Gasteiger partial charge in [0, 0.05) is 6.54 Å². The molecule has 1 heterocycles. The third-order valence-corrected chi connectivity index (χ3v) is 3.56. The second-order valence-electron chi connectivity index (χ2n) is 4.55. The molecule has 0 bridgehead atoms. The van der Waals surface area contributed by atoms with Crippen molar-refractivity contribution in [2.45, 2.75) is 12.5 Å². The van der Waals surface area contributed by atoms with Crippen LogP contribution in [0, 0.1) is 0 Å². The molecule has 102 valence electrons. The van der Waals surface area contributed by atoms with Gasteiger partial charge in [-0.15, -0.1) is 0 Å². The van der Waals surface area contributed by atoms with E-state index in [2.05, 4.69) is 0 Å². The molecule has 1 N–H and O–H groups in total. The fraction of sp³-hybridized carbons (Fsp3) is 0.385. The number of carboxylic acid groups (broad SMARTS) is 1. The summed E-state index contributed by atoms with van der Waals surface area (Å²) in [4.78, 5) is 26.2. The summed E-state index contributed by atoms with van der Waals surface area (Å²) in [6.45, 7) is 0.407. The van der Waals surface area contributed by atoms with Crippen LogP contribution in [-0.2, 0) is 9.59 Å². The van der Waals surface area contributed by atoms with Gasteiger partial charge >= 0.3 is 5.97 Å². The monoisotopic (exact) mass is 282 g/mol. The number of carbonyl (C=O) groups is 2. The van der Waals surface area contributed by atoms with Gasteiger partial charge in [0.25, 0.3) is 0 Å². The van der Waals surface area contributed by atoms with E-state index in [0.717, 1.165) is 0 Å². The third-order valence-electron chi connectivity index (χ3n) is 3.24. The van der Waals surface area contributed by atoms with Crippen LogP contribution in [0.25, 0.3) is 0 Å². The molecule has 1 atom stereocenters. The largest absolute Gasteiger partial charge is 0.480 e. The lowest BCUT2D eigenvalue weighted by atomic mass is 10.2. The Morgan fingerprint density at radius 2 is 2.21 bits per heavy atom. The van der Waals surface area contributed by atoms with E-state index in [1.165, 1.54) is 0 Å². The number of aliphatic carboxylic acids is 1. The van der Waals surface area contributed by atoms with Crippen LogP contribution in [0.4, 0.5) is 5.69 Å². The van der Waals surface area contributed by atoms with Gasteiger partial charge in [0.1, 0.15) is 0 Å². The predicted octanol–water partition coefficient (Wildman–Crippen LogP) is 1.46. The van der Waals surface area contributed by atoms with Gasteiger partial charge in [0.2, 0.25) is 5.91 Å². The average molecular weight is 283 g/mol. The molecule has 1 aromatic carbocycles. The second-order valence-corrected chi connectivity index (χ2v) is 4.96. The lowest BCUT2D eigenvalue weighted by Crippen LogP contribution is -2.42. The van der Waals surface area contributed by atoms with Gasteiger partial charge in [-0.3, -0.25) is 14.5 Å². The lowest BCUT2D eigenvalue weighted by Gasteiger charge is -2.22. The highest BCUT2D eigenvalue weighted by Crippen LogP contribution is 2.30. The highest BCUT2D eigenvalue weighted by atomic mass is 35.5. The maximum absolute atomic E-state index is 12.3. The molecule has 1 aliphatic heterocycles. The summed E-state index contributed by atoms with van der Waals surface area (Å²) in [5.74, 6) is -1.04. The number of carbonyl (C=O) groups excluding carboxylic acids is 1. The molecule has 1 amide bonds. The Labute approximate surface area is 116 Å². The zero-order valence-electron chi connectivity index (χ0n) is 10.5.